The van der Waals surface area contributed by atoms with Crippen LogP contribution in [0, 0.1) is 24.4 Å². The van der Waals surface area contributed by atoms with Crippen molar-refractivity contribution < 1.29 is 22.8 Å². The Hall–Kier alpha value is -4.20. The molecule has 0 unspecified atom stereocenters. The van der Waals surface area contributed by atoms with Gasteiger partial charge in [0, 0.05) is 48.0 Å². The van der Waals surface area contributed by atoms with Crippen LogP contribution in [-0.2, 0) is 24.2 Å². The summed E-state index contributed by atoms with van der Waals surface area (Å²) < 4.78 is 42.9. The van der Waals surface area contributed by atoms with Crippen LogP contribution in [0.4, 0.5) is 13.2 Å². The quantitative estimate of drug-likeness (QED) is 0.409. The number of rotatable bonds is 6. The van der Waals surface area contributed by atoms with Crippen molar-refractivity contribution in [3.05, 3.63) is 100 Å². The molecule has 2 heterocycles. The zero-order valence-electron chi connectivity index (χ0n) is 18.7. The van der Waals surface area contributed by atoms with Gasteiger partial charge < -0.3 is 10.3 Å². The minimum atomic E-state index is -0.787. The molecule has 4 aromatic rings. The van der Waals surface area contributed by atoms with E-state index in [9.17, 15) is 18.4 Å². The number of hydrogen-bond acceptors (Lipinski definition) is 3. The second-order valence-electron chi connectivity index (χ2n) is 8.52. The molecular weight excluding hydrogens is 455 g/mol. The molecule has 35 heavy (non-hydrogen) atoms. The molecule has 1 aliphatic rings. The van der Waals surface area contributed by atoms with E-state index in [-0.39, 0.29) is 30.0 Å². The number of benzene rings is 3. The molecule has 1 aromatic heterocycles. The number of aryl methyl sites for hydroxylation is 1. The zero-order valence-corrected chi connectivity index (χ0v) is 18.7. The molecule has 0 saturated heterocycles. The van der Waals surface area contributed by atoms with Crippen molar-refractivity contribution in [2.24, 2.45) is 0 Å². The number of H-pyrrole nitrogens is 1. The highest BCUT2D eigenvalue weighted by atomic mass is 19.1. The molecule has 1 amide bonds. The number of Topliss-reactive ketones (excluding diaryl/α,β-unsaturated/α-hetero) is 1. The third-order valence-corrected chi connectivity index (χ3v) is 6.08. The average molecular weight is 475 g/mol. The lowest BCUT2D eigenvalue weighted by Crippen LogP contribution is -2.13. The molecule has 0 bridgehead atoms. The van der Waals surface area contributed by atoms with Gasteiger partial charge >= 0.3 is 0 Å². The van der Waals surface area contributed by atoms with Gasteiger partial charge in [-0.1, -0.05) is 24.3 Å². The number of fused-ring (bicyclic) bond motifs is 1. The number of amides is 1. The normalized spacial score (nSPS) is 12.5. The van der Waals surface area contributed by atoms with Gasteiger partial charge in [0.25, 0.3) is 5.91 Å². The second kappa shape index (κ2) is 8.87. The number of imidazole rings is 1. The molecule has 5 rings (SSSR count). The number of carbonyl (C=O) groups excluding carboxylic acids is 2. The second-order valence-corrected chi connectivity index (χ2v) is 8.52. The maximum Gasteiger partial charge on any atom is 0.252 e. The molecule has 0 radical (unpaired) electrons. The predicted molar refractivity (Wildman–Crippen MR) is 124 cm³/mol. The molecule has 0 fully saturated rings. The Bertz CT molecular complexity index is 1470. The summed E-state index contributed by atoms with van der Waals surface area (Å²) in [6, 6.07) is 11.3. The van der Waals surface area contributed by atoms with E-state index < -0.39 is 29.7 Å². The van der Waals surface area contributed by atoms with E-state index in [0.29, 0.717) is 33.6 Å². The van der Waals surface area contributed by atoms with Crippen molar-refractivity contribution in [2.75, 3.05) is 0 Å². The van der Waals surface area contributed by atoms with Crippen LogP contribution in [0.5, 0.6) is 0 Å². The van der Waals surface area contributed by atoms with Gasteiger partial charge in [0.05, 0.1) is 5.56 Å². The summed E-state index contributed by atoms with van der Waals surface area (Å²) >= 11 is 0. The standard InChI is InChI=1S/C27H20F3N3O2/c1-14-12-31-26(33-14)19-8-7-17(21-13-32-27(35)25(19)21)18-6-5-15(10-24(18)30)9-16(34)11-20-22(28)3-2-4-23(20)29/h2-8,10,12H,9,11,13H2,1H3,(H,31,33)(H,32,35). The number of aromatic nitrogens is 2. The number of hydrogen-bond donors (Lipinski definition) is 2. The van der Waals surface area contributed by atoms with E-state index in [1.807, 2.05) is 6.92 Å². The highest BCUT2D eigenvalue weighted by Crippen LogP contribution is 2.36. The molecule has 1 aliphatic heterocycles. The van der Waals surface area contributed by atoms with Crippen molar-refractivity contribution >= 4 is 11.7 Å². The van der Waals surface area contributed by atoms with Crippen LogP contribution in [0.3, 0.4) is 0 Å². The summed E-state index contributed by atoms with van der Waals surface area (Å²) in [6.07, 6.45) is 1.08. The van der Waals surface area contributed by atoms with Gasteiger partial charge in [0.2, 0.25) is 0 Å². The van der Waals surface area contributed by atoms with Crippen molar-refractivity contribution in [2.45, 2.75) is 26.3 Å². The van der Waals surface area contributed by atoms with Gasteiger partial charge in [0.1, 0.15) is 29.1 Å². The first kappa shape index (κ1) is 22.6. The van der Waals surface area contributed by atoms with E-state index in [1.54, 1.807) is 30.5 Å². The lowest BCUT2D eigenvalue weighted by molar-refractivity contribution is -0.117. The van der Waals surface area contributed by atoms with E-state index in [1.165, 1.54) is 12.1 Å². The minimum absolute atomic E-state index is 0.167. The third-order valence-electron chi connectivity index (χ3n) is 6.08. The molecule has 0 atom stereocenters. The SMILES string of the molecule is Cc1cnc(-c2ccc(-c3ccc(CC(=O)Cc4c(F)cccc4F)cc3F)c3c2C(=O)NC3)[nH]1. The summed E-state index contributed by atoms with van der Waals surface area (Å²) in [5.41, 5.74) is 3.54. The van der Waals surface area contributed by atoms with Crippen LogP contribution >= 0.6 is 0 Å². The van der Waals surface area contributed by atoms with Crippen molar-refractivity contribution in [1.29, 1.82) is 0 Å². The summed E-state index contributed by atoms with van der Waals surface area (Å²) in [6.45, 7) is 2.12. The maximum atomic E-state index is 15.2. The number of halogens is 3. The number of carbonyl (C=O) groups is 2. The molecule has 5 nitrogen and oxygen atoms in total. The highest BCUT2D eigenvalue weighted by molar-refractivity contribution is 6.06. The van der Waals surface area contributed by atoms with Crippen LogP contribution in [0.1, 0.15) is 32.7 Å². The summed E-state index contributed by atoms with van der Waals surface area (Å²) in [4.78, 5) is 32.4. The minimum Gasteiger partial charge on any atom is -0.348 e. The maximum absolute atomic E-state index is 15.2. The van der Waals surface area contributed by atoms with E-state index >= 15 is 4.39 Å². The first-order valence-corrected chi connectivity index (χ1v) is 11.0. The largest absolute Gasteiger partial charge is 0.348 e. The Morgan fingerprint density at radius 3 is 2.34 bits per heavy atom. The van der Waals surface area contributed by atoms with Gasteiger partial charge in [0.15, 0.2) is 0 Å². The Kier molecular flexibility index (Phi) is 5.72. The van der Waals surface area contributed by atoms with Crippen LogP contribution < -0.4 is 5.32 Å². The number of aromatic amines is 1. The molecule has 0 aliphatic carbocycles. The highest BCUT2D eigenvalue weighted by Gasteiger charge is 2.28. The Labute approximate surface area is 199 Å². The summed E-state index contributed by atoms with van der Waals surface area (Å²) in [5.74, 6) is -2.27. The van der Waals surface area contributed by atoms with E-state index in [4.69, 9.17) is 0 Å². The monoisotopic (exact) mass is 475 g/mol. The smallest absolute Gasteiger partial charge is 0.252 e. The number of ketones is 1. The van der Waals surface area contributed by atoms with E-state index in [0.717, 1.165) is 17.8 Å². The average Bonchev–Trinajstić information content (AvgIpc) is 3.42. The molecule has 3 aromatic carbocycles. The molecule has 2 N–H and O–H groups in total. The Morgan fingerprint density at radius 1 is 0.943 bits per heavy atom. The summed E-state index contributed by atoms with van der Waals surface area (Å²) in [7, 11) is 0. The first-order valence-electron chi connectivity index (χ1n) is 11.0. The molecule has 176 valence electrons. The Morgan fingerprint density at radius 2 is 1.66 bits per heavy atom. The molecule has 0 spiro atoms. The summed E-state index contributed by atoms with van der Waals surface area (Å²) in [5, 5.41) is 2.79. The van der Waals surface area contributed by atoms with Crippen molar-refractivity contribution in [3.8, 4) is 22.5 Å². The predicted octanol–water partition coefficient (Wildman–Crippen LogP) is 5.07. The van der Waals surface area contributed by atoms with Gasteiger partial charge in [-0.15, -0.1) is 0 Å². The first-order chi connectivity index (χ1) is 16.8. The van der Waals surface area contributed by atoms with Gasteiger partial charge in [-0.05, 0) is 47.9 Å². The van der Waals surface area contributed by atoms with Crippen molar-refractivity contribution in [3.63, 3.8) is 0 Å². The van der Waals surface area contributed by atoms with Crippen molar-refractivity contribution in [1.82, 2.24) is 15.3 Å². The number of nitrogens with one attached hydrogen (secondary N) is 2. The van der Waals surface area contributed by atoms with Gasteiger partial charge in [-0.2, -0.15) is 0 Å². The fourth-order valence-corrected chi connectivity index (χ4v) is 4.42. The lowest BCUT2D eigenvalue weighted by Gasteiger charge is -2.12. The lowest BCUT2D eigenvalue weighted by atomic mass is 9.91. The van der Waals surface area contributed by atoms with E-state index in [2.05, 4.69) is 15.3 Å². The molecule has 0 saturated carbocycles. The van der Waals surface area contributed by atoms with Crippen LogP contribution in [-0.4, -0.2) is 21.7 Å². The fourth-order valence-electron chi connectivity index (χ4n) is 4.42. The van der Waals surface area contributed by atoms with Crippen LogP contribution in [0.15, 0.2) is 54.7 Å². The Balaban J connectivity index is 1.43. The molecule has 8 heteroatoms. The van der Waals surface area contributed by atoms with Crippen LogP contribution in [0.2, 0.25) is 0 Å². The zero-order chi connectivity index (χ0) is 24.7. The molecular formula is C27H20F3N3O2. The topological polar surface area (TPSA) is 74.8 Å². The van der Waals surface area contributed by atoms with Crippen LogP contribution in [0.25, 0.3) is 22.5 Å². The third kappa shape index (κ3) is 4.23. The fraction of sp³-hybridized carbons (Fsp3) is 0.148. The van der Waals surface area contributed by atoms with Gasteiger partial charge in [-0.25, -0.2) is 18.2 Å². The van der Waals surface area contributed by atoms with Gasteiger partial charge in [-0.3, -0.25) is 9.59 Å². The number of nitrogens with zero attached hydrogens (tertiary/aromatic N) is 1.